The van der Waals surface area contributed by atoms with E-state index in [1.807, 2.05) is 0 Å². The second-order valence-corrected chi connectivity index (χ2v) is 8.27. The van der Waals surface area contributed by atoms with Crippen LogP contribution in [0, 0.1) is 11.8 Å². The molecule has 0 aliphatic heterocycles. The summed E-state index contributed by atoms with van der Waals surface area (Å²) in [6.45, 7) is 7.22. The Labute approximate surface area is 130 Å². The largest absolute Gasteiger partial charge is 0.394 e. The lowest BCUT2D eigenvalue weighted by atomic mass is 9.91. The van der Waals surface area contributed by atoms with E-state index in [2.05, 4.69) is 24.1 Å². The highest BCUT2D eigenvalue weighted by Crippen LogP contribution is 2.42. The average molecular weight is 294 g/mol. The quantitative estimate of drug-likeness (QED) is 0.686. The van der Waals surface area contributed by atoms with Crippen molar-refractivity contribution in [2.24, 2.45) is 11.8 Å². The van der Waals surface area contributed by atoms with E-state index in [0.29, 0.717) is 24.5 Å². The van der Waals surface area contributed by atoms with Gasteiger partial charge in [-0.3, -0.25) is 4.90 Å². The first-order chi connectivity index (χ1) is 10.1. The van der Waals surface area contributed by atoms with Gasteiger partial charge in [0.05, 0.1) is 12.1 Å². The summed E-state index contributed by atoms with van der Waals surface area (Å²) in [6.07, 6.45) is 10.7. The van der Waals surface area contributed by atoms with E-state index in [-0.39, 0.29) is 5.54 Å². The van der Waals surface area contributed by atoms with Gasteiger partial charge in [-0.25, -0.2) is 0 Å². The number of hydrogen-bond donors (Lipinski definition) is 2. The van der Waals surface area contributed by atoms with Crippen molar-refractivity contribution in [1.82, 2.24) is 10.2 Å². The second kappa shape index (κ2) is 6.55. The number of aliphatic hydroxyl groups excluding tert-OH is 1. The molecule has 3 fully saturated rings. The van der Waals surface area contributed by atoms with Gasteiger partial charge >= 0.3 is 0 Å². The van der Waals surface area contributed by atoms with Crippen LogP contribution in [0.3, 0.4) is 0 Å². The molecule has 0 saturated heterocycles. The third kappa shape index (κ3) is 4.00. The lowest BCUT2D eigenvalue weighted by molar-refractivity contribution is 0.0625. The van der Waals surface area contributed by atoms with E-state index in [4.69, 9.17) is 0 Å². The third-order valence-corrected chi connectivity index (χ3v) is 5.64. The normalized spacial score (nSPS) is 26.7. The van der Waals surface area contributed by atoms with Crippen molar-refractivity contribution >= 4 is 0 Å². The van der Waals surface area contributed by atoms with Gasteiger partial charge in [-0.05, 0) is 50.4 Å². The number of rotatable bonds is 9. The smallest absolute Gasteiger partial charge is 0.0628 e. The Morgan fingerprint density at radius 2 is 1.76 bits per heavy atom. The Morgan fingerprint density at radius 3 is 2.24 bits per heavy atom. The maximum Gasteiger partial charge on any atom is 0.0628 e. The van der Waals surface area contributed by atoms with Crippen LogP contribution in [-0.2, 0) is 0 Å². The molecular formula is C18H34N2O. The molecule has 3 nitrogen and oxygen atoms in total. The zero-order valence-corrected chi connectivity index (χ0v) is 14.0. The van der Waals surface area contributed by atoms with Crippen LogP contribution in [0.5, 0.6) is 0 Å². The van der Waals surface area contributed by atoms with Crippen LogP contribution in [0.2, 0.25) is 0 Å². The molecule has 0 spiro atoms. The molecule has 3 aliphatic carbocycles. The van der Waals surface area contributed by atoms with E-state index in [0.717, 1.165) is 12.6 Å². The van der Waals surface area contributed by atoms with Gasteiger partial charge in [-0.2, -0.15) is 0 Å². The van der Waals surface area contributed by atoms with Gasteiger partial charge in [0.1, 0.15) is 0 Å². The van der Waals surface area contributed by atoms with E-state index in [1.165, 1.54) is 57.9 Å². The van der Waals surface area contributed by atoms with Crippen LogP contribution >= 0.6 is 0 Å². The number of nitrogens with zero attached hydrogens (tertiary/aromatic N) is 1. The van der Waals surface area contributed by atoms with Gasteiger partial charge in [0.2, 0.25) is 0 Å². The molecule has 3 heteroatoms. The molecule has 0 aromatic carbocycles. The second-order valence-electron chi connectivity index (χ2n) is 8.27. The van der Waals surface area contributed by atoms with Gasteiger partial charge in [0, 0.05) is 25.2 Å². The molecule has 0 aromatic rings. The minimum atomic E-state index is -0.0152. The van der Waals surface area contributed by atoms with Crippen molar-refractivity contribution in [1.29, 1.82) is 0 Å². The van der Waals surface area contributed by atoms with Crippen molar-refractivity contribution in [3.8, 4) is 0 Å². The van der Waals surface area contributed by atoms with Crippen LogP contribution in [0.15, 0.2) is 0 Å². The molecule has 1 atom stereocenters. The van der Waals surface area contributed by atoms with Crippen LogP contribution in [0.4, 0.5) is 0 Å². The zero-order chi connectivity index (χ0) is 14.9. The summed E-state index contributed by atoms with van der Waals surface area (Å²) in [6, 6.07) is 1.44. The molecular weight excluding hydrogens is 260 g/mol. The van der Waals surface area contributed by atoms with E-state index < -0.39 is 0 Å². The predicted molar refractivity (Wildman–Crippen MR) is 87.4 cm³/mol. The fourth-order valence-electron chi connectivity index (χ4n) is 4.23. The van der Waals surface area contributed by atoms with Gasteiger partial charge in [-0.15, -0.1) is 0 Å². The SMILES string of the molecule is CC(C)CN(CC(CO)(NC1CC1)C1CC1)C1CCCC1. The zero-order valence-electron chi connectivity index (χ0n) is 14.0. The average Bonchev–Trinajstić information content (AvgIpc) is 3.37. The van der Waals surface area contributed by atoms with E-state index in [1.54, 1.807) is 0 Å². The maximum atomic E-state index is 10.2. The van der Waals surface area contributed by atoms with Crippen molar-refractivity contribution < 1.29 is 5.11 Å². The molecule has 0 amide bonds. The summed E-state index contributed by atoms with van der Waals surface area (Å²) in [5.74, 6) is 1.42. The van der Waals surface area contributed by atoms with Gasteiger partial charge in [-0.1, -0.05) is 26.7 Å². The summed E-state index contributed by atoms with van der Waals surface area (Å²) in [5, 5.41) is 14.1. The van der Waals surface area contributed by atoms with Gasteiger partial charge in [0.15, 0.2) is 0 Å². The lowest BCUT2D eigenvalue weighted by Gasteiger charge is -2.42. The highest BCUT2D eigenvalue weighted by atomic mass is 16.3. The molecule has 0 heterocycles. The van der Waals surface area contributed by atoms with Crippen molar-refractivity contribution in [3.63, 3.8) is 0 Å². The summed E-state index contributed by atoms with van der Waals surface area (Å²) in [7, 11) is 0. The highest BCUT2D eigenvalue weighted by molar-refractivity contribution is 5.06. The Hall–Kier alpha value is -0.120. The van der Waals surface area contributed by atoms with Crippen LogP contribution in [0.1, 0.15) is 65.2 Å². The fourth-order valence-corrected chi connectivity index (χ4v) is 4.23. The predicted octanol–water partition coefficient (Wildman–Crippen LogP) is 2.78. The van der Waals surface area contributed by atoms with E-state index >= 15 is 0 Å². The first-order valence-electron chi connectivity index (χ1n) is 9.25. The standard InChI is InChI=1S/C18H34N2O/c1-14(2)11-20(17-5-3-4-6-17)12-18(13-21,15-7-8-15)19-16-9-10-16/h14-17,19,21H,3-13H2,1-2H3. The van der Waals surface area contributed by atoms with Crippen molar-refractivity contribution in [2.75, 3.05) is 19.7 Å². The summed E-state index contributed by atoms with van der Waals surface area (Å²) >= 11 is 0. The first-order valence-corrected chi connectivity index (χ1v) is 9.25. The summed E-state index contributed by atoms with van der Waals surface area (Å²) < 4.78 is 0. The maximum absolute atomic E-state index is 10.2. The minimum absolute atomic E-state index is 0.0152. The summed E-state index contributed by atoms with van der Waals surface area (Å²) in [5.41, 5.74) is -0.0152. The molecule has 0 radical (unpaired) electrons. The summed E-state index contributed by atoms with van der Waals surface area (Å²) in [4.78, 5) is 2.72. The minimum Gasteiger partial charge on any atom is -0.394 e. The number of hydrogen-bond acceptors (Lipinski definition) is 3. The highest BCUT2D eigenvalue weighted by Gasteiger charge is 2.48. The Morgan fingerprint density at radius 1 is 1.10 bits per heavy atom. The molecule has 0 aromatic heterocycles. The third-order valence-electron chi connectivity index (χ3n) is 5.64. The molecule has 3 aliphatic rings. The molecule has 3 saturated carbocycles. The van der Waals surface area contributed by atoms with Crippen LogP contribution in [0.25, 0.3) is 0 Å². The molecule has 21 heavy (non-hydrogen) atoms. The first kappa shape index (κ1) is 15.8. The fraction of sp³-hybridized carbons (Fsp3) is 1.00. The number of nitrogens with one attached hydrogen (secondary N) is 1. The topological polar surface area (TPSA) is 35.5 Å². The van der Waals surface area contributed by atoms with Gasteiger partial charge < -0.3 is 10.4 Å². The molecule has 0 bridgehead atoms. The Kier molecular flexibility index (Phi) is 4.92. The number of aliphatic hydroxyl groups is 1. The van der Waals surface area contributed by atoms with E-state index in [9.17, 15) is 5.11 Å². The Balaban J connectivity index is 1.69. The lowest BCUT2D eigenvalue weighted by Crippen LogP contribution is -2.60. The van der Waals surface area contributed by atoms with Gasteiger partial charge in [0.25, 0.3) is 0 Å². The molecule has 3 rings (SSSR count). The monoisotopic (exact) mass is 294 g/mol. The van der Waals surface area contributed by atoms with Crippen LogP contribution < -0.4 is 5.32 Å². The Bertz CT molecular complexity index is 332. The van der Waals surface area contributed by atoms with Crippen molar-refractivity contribution in [2.45, 2.75) is 82.8 Å². The van der Waals surface area contributed by atoms with Crippen LogP contribution in [-0.4, -0.2) is 47.3 Å². The van der Waals surface area contributed by atoms with Crippen molar-refractivity contribution in [3.05, 3.63) is 0 Å². The molecule has 1 unspecified atom stereocenters. The molecule has 2 N–H and O–H groups in total. The molecule has 122 valence electrons.